The zero-order valence-electron chi connectivity index (χ0n) is 5.87. The van der Waals surface area contributed by atoms with Gasteiger partial charge in [-0.2, -0.15) is 0 Å². The first kappa shape index (κ1) is 10.0. The van der Waals surface area contributed by atoms with Gasteiger partial charge in [0.1, 0.15) is 0 Å². The molecule has 0 saturated carbocycles. The standard InChI is InChI=1S/C6H10N4.ClH/c7-9-5-1-2-6(10-8)4-3-5;/h1-4,9-10H,7-8H2;1H. The van der Waals surface area contributed by atoms with Gasteiger partial charge in [-0.25, -0.2) is 0 Å². The summed E-state index contributed by atoms with van der Waals surface area (Å²) in [7, 11) is 0. The summed E-state index contributed by atoms with van der Waals surface area (Å²) in [5.74, 6) is 10.3. The van der Waals surface area contributed by atoms with E-state index in [1.165, 1.54) is 0 Å². The molecule has 0 bridgehead atoms. The van der Waals surface area contributed by atoms with Crippen LogP contribution in [0.3, 0.4) is 0 Å². The SMILES string of the molecule is Cl.NNc1ccc(NN)cc1. The summed E-state index contributed by atoms with van der Waals surface area (Å²) >= 11 is 0. The lowest BCUT2D eigenvalue weighted by Crippen LogP contribution is -2.08. The van der Waals surface area contributed by atoms with Crippen molar-refractivity contribution in [1.82, 2.24) is 0 Å². The lowest BCUT2D eigenvalue weighted by Gasteiger charge is -2.00. The van der Waals surface area contributed by atoms with Gasteiger partial charge >= 0.3 is 0 Å². The molecule has 0 heterocycles. The van der Waals surface area contributed by atoms with Gasteiger partial charge in [0.05, 0.1) is 0 Å². The van der Waals surface area contributed by atoms with Crippen molar-refractivity contribution in [3.8, 4) is 0 Å². The molecular formula is C6H11ClN4. The summed E-state index contributed by atoms with van der Waals surface area (Å²) < 4.78 is 0. The first-order valence-corrected chi connectivity index (χ1v) is 2.90. The molecule has 62 valence electrons. The molecule has 0 fully saturated rings. The number of nitrogen functional groups attached to an aromatic ring is 2. The zero-order chi connectivity index (χ0) is 7.40. The van der Waals surface area contributed by atoms with Gasteiger partial charge in [0, 0.05) is 11.4 Å². The predicted molar refractivity (Wildman–Crippen MR) is 49.3 cm³/mol. The summed E-state index contributed by atoms with van der Waals surface area (Å²) in [6.07, 6.45) is 0. The monoisotopic (exact) mass is 174 g/mol. The van der Waals surface area contributed by atoms with E-state index in [0.29, 0.717) is 0 Å². The number of hydrazine groups is 2. The maximum atomic E-state index is 5.14. The van der Waals surface area contributed by atoms with Crippen molar-refractivity contribution in [2.75, 3.05) is 10.9 Å². The number of nitrogens with one attached hydrogen (secondary N) is 2. The van der Waals surface area contributed by atoms with E-state index in [1.807, 2.05) is 24.3 Å². The van der Waals surface area contributed by atoms with Crippen LogP contribution in [0, 0.1) is 0 Å². The van der Waals surface area contributed by atoms with E-state index in [0.717, 1.165) is 11.4 Å². The number of benzene rings is 1. The largest absolute Gasteiger partial charge is 0.324 e. The van der Waals surface area contributed by atoms with Crippen LogP contribution in [-0.2, 0) is 0 Å². The van der Waals surface area contributed by atoms with E-state index in [1.54, 1.807) is 0 Å². The molecular weight excluding hydrogens is 164 g/mol. The average Bonchev–Trinajstić information content (AvgIpc) is 2.05. The van der Waals surface area contributed by atoms with Crippen LogP contribution in [0.5, 0.6) is 0 Å². The lowest BCUT2D eigenvalue weighted by molar-refractivity contribution is 1.32. The summed E-state index contributed by atoms with van der Waals surface area (Å²) in [4.78, 5) is 0. The van der Waals surface area contributed by atoms with Crippen molar-refractivity contribution < 1.29 is 0 Å². The highest BCUT2D eigenvalue weighted by atomic mass is 35.5. The Morgan fingerprint density at radius 3 is 1.27 bits per heavy atom. The molecule has 0 atom stereocenters. The van der Waals surface area contributed by atoms with Gasteiger partial charge in [-0.05, 0) is 24.3 Å². The van der Waals surface area contributed by atoms with Crippen LogP contribution < -0.4 is 22.5 Å². The molecule has 0 radical (unpaired) electrons. The maximum absolute atomic E-state index is 5.14. The Hall–Kier alpha value is -0.970. The first-order chi connectivity index (χ1) is 4.86. The van der Waals surface area contributed by atoms with Crippen LogP contribution in [0.15, 0.2) is 24.3 Å². The Morgan fingerprint density at radius 1 is 0.818 bits per heavy atom. The van der Waals surface area contributed by atoms with Crippen LogP contribution in [0.4, 0.5) is 11.4 Å². The van der Waals surface area contributed by atoms with E-state index in [4.69, 9.17) is 11.7 Å². The number of nitrogens with two attached hydrogens (primary N) is 2. The molecule has 0 aliphatic heterocycles. The molecule has 1 aromatic rings. The number of hydrogen-bond donors (Lipinski definition) is 4. The van der Waals surface area contributed by atoms with Crippen molar-refractivity contribution in [1.29, 1.82) is 0 Å². The number of halogens is 1. The predicted octanol–water partition coefficient (Wildman–Crippen LogP) is 0.680. The van der Waals surface area contributed by atoms with Crippen LogP contribution >= 0.6 is 12.4 Å². The fourth-order valence-electron chi connectivity index (χ4n) is 0.663. The minimum atomic E-state index is 0. The average molecular weight is 175 g/mol. The fraction of sp³-hybridized carbons (Fsp3) is 0. The second kappa shape index (κ2) is 4.79. The highest BCUT2D eigenvalue weighted by Gasteiger charge is 1.87. The topological polar surface area (TPSA) is 76.1 Å². The van der Waals surface area contributed by atoms with E-state index in [2.05, 4.69) is 10.9 Å². The van der Waals surface area contributed by atoms with E-state index in [9.17, 15) is 0 Å². The Labute approximate surface area is 71.3 Å². The van der Waals surface area contributed by atoms with Crippen LogP contribution in [0.1, 0.15) is 0 Å². The third kappa shape index (κ3) is 2.63. The van der Waals surface area contributed by atoms with E-state index in [-0.39, 0.29) is 12.4 Å². The maximum Gasteiger partial charge on any atom is 0.0486 e. The first-order valence-electron chi connectivity index (χ1n) is 2.90. The van der Waals surface area contributed by atoms with Gasteiger partial charge < -0.3 is 10.9 Å². The Kier molecular flexibility index (Phi) is 4.36. The minimum absolute atomic E-state index is 0. The molecule has 11 heavy (non-hydrogen) atoms. The Balaban J connectivity index is 0.000001000. The molecule has 6 N–H and O–H groups in total. The summed E-state index contributed by atoms with van der Waals surface area (Å²) in [5.41, 5.74) is 6.74. The molecule has 4 nitrogen and oxygen atoms in total. The molecule has 0 aliphatic carbocycles. The molecule has 1 aromatic carbocycles. The van der Waals surface area contributed by atoms with Crippen molar-refractivity contribution in [3.05, 3.63) is 24.3 Å². The van der Waals surface area contributed by atoms with Crippen LogP contribution in [0.25, 0.3) is 0 Å². The molecule has 0 unspecified atom stereocenters. The van der Waals surface area contributed by atoms with Crippen molar-refractivity contribution in [2.24, 2.45) is 11.7 Å². The molecule has 5 heteroatoms. The number of anilines is 2. The lowest BCUT2D eigenvalue weighted by atomic mass is 10.3. The van der Waals surface area contributed by atoms with Gasteiger partial charge in [0.15, 0.2) is 0 Å². The zero-order valence-corrected chi connectivity index (χ0v) is 6.69. The smallest absolute Gasteiger partial charge is 0.0486 e. The van der Waals surface area contributed by atoms with Crippen molar-refractivity contribution in [3.63, 3.8) is 0 Å². The molecule has 0 aromatic heterocycles. The molecule has 0 spiro atoms. The molecule has 0 amide bonds. The number of rotatable bonds is 2. The molecule has 0 aliphatic rings. The molecule has 0 saturated heterocycles. The summed E-state index contributed by atoms with van der Waals surface area (Å²) in [6, 6.07) is 7.31. The third-order valence-corrected chi connectivity index (χ3v) is 1.22. The van der Waals surface area contributed by atoms with E-state index < -0.39 is 0 Å². The normalized spacial score (nSPS) is 8.18. The van der Waals surface area contributed by atoms with Crippen LogP contribution in [-0.4, -0.2) is 0 Å². The quantitative estimate of drug-likeness (QED) is 0.393. The van der Waals surface area contributed by atoms with Crippen LogP contribution in [0.2, 0.25) is 0 Å². The van der Waals surface area contributed by atoms with Gasteiger partial charge in [0.25, 0.3) is 0 Å². The van der Waals surface area contributed by atoms with Crippen molar-refractivity contribution >= 4 is 23.8 Å². The minimum Gasteiger partial charge on any atom is -0.324 e. The second-order valence-electron chi connectivity index (χ2n) is 1.87. The molecule has 1 rings (SSSR count). The van der Waals surface area contributed by atoms with Crippen molar-refractivity contribution in [2.45, 2.75) is 0 Å². The summed E-state index contributed by atoms with van der Waals surface area (Å²) in [5, 5.41) is 0. The van der Waals surface area contributed by atoms with Gasteiger partial charge in [-0.1, -0.05) is 0 Å². The Bertz CT molecular complexity index is 175. The Morgan fingerprint density at radius 2 is 1.09 bits per heavy atom. The van der Waals surface area contributed by atoms with Gasteiger partial charge in [-0.3, -0.25) is 11.7 Å². The number of hydrogen-bond acceptors (Lipinski definition) is 4. The highest BCUT2D eigenvalue weighted by Crippen LogP contribution is 2.10. The second-order valence-corrected chi connectivity index (χ2v) is 1.87. The van der Waals surface area contributed by atoms with Gasteiger partial charge in [0.2, 0.25) is 0 Å². The van der Waals surface area contributed by atoms with E-state index >= 15 is 0 Å². The fourth-order valence-corrected chi connectivity index (χ4v) is 0.663. The van der Waals surface area contributed by atoms with Gasteiger partial charge in [-0.15, -0.1) is 12.4 Å². The highest BCUT2D eigenvalue weighted by molar-refractivity contribution is 5.85. The third-order valence-electron chi connectivity index (χ3n) is 1.22. The summed E-state index contributed by atoms with van der Waals surface area (Å²) in [6.45, 7) is 0.